The molecule has 3 nitrogen and oxygen atoms in total. The Labute approximate surface area is 115 Å². The highest BCUT2D eigenvalue weighted by Gasteiger charge is 2.17. The molecule has 0 saturated carbocycles. The predicted molar refractivity (Wildman–Crippen MR) is 78.8 cm³/mol. The average molecular weight is 309 g/mol. The molecule has 2 aromatic rings. The summed E-state index contributed by atoms with van der Waals surface area (Å²) >= 11 is 3.50. The minimum absolute atomic E-state index is 0.523. The van der Waals surface area contributed by atoms with E-state index in [9.17, 15) is 5.11 Å². The van der Waals surface area contributed by atoms with Crippen LogP contribution in [0.4, 0.5) is 5.69 Å². The standard InChI is InChI=1S/C14H17BrN2O/c1-3-14(2,18)9-17-12-7-8-16-13-10(12)5-4-6-11(13)15/h4-8,18H,3,9H2,1-2H3,(H,16,17). The van der Waals surface area contributed by atoms with Crippen LogP contribution >= 0.6 is 15.9 Å². The van der Waals surface area contributed by atoms with Crippen molar-refractivity contribution in [1.29, 1.82) is 0 Å². The third kappa shape index (κ3) is 2.82. The van der Waals surface area contributed by atoms with Crippen molar-refractivity contribution in [1.82, 2.24) is 4.98 Å². The van der Waals surface area contributed by atoms with Crippen molar-refractivity contribution in [3.05, 3.63) is 34.9 Å². The van der Waals surface area contributed by atoms with Crippen molar-refractivity contribution in [3.63, 3.8) is 0 Å². The third-order valence-electron chi connectivity index (χ3n) is 3.14. The number of aromatic nitrogens is 1. The first-order valence-electron chi connectivity index (χ1n) is 6.03. The highest BCUT2D eigenvalue weighted by molar-refractivity contribution is 9.10. The van der Waals surface area contributed by atoms with Gasteiger partial charge in [-0.3, -0.25) is 4.98 Å². The number of benzene rings is 1. The Bertz CT molecular complexity index is 554. The SMILES string of the molecule is CCC(C)(O)CNc1ccnc2c(Br)cccc12. The first-order chi connectivity index (χ1) is 8.53. The highest BCUT2D eigenvalue weighted by atomic mass is 79.9. The van der Waals surface area contributed by atoms with Gasteiger partial charge in [0.1, 0.15) is 0 Å². The molecule has 2 N–H and O–H groups in total. The fraction of sp³-hybridized carbons (Fsp3) is 0.357. The summed E-state index contributed by atoms with van der Waals surface area (Å²) in [6.07, 6.45) is 2.49. The summed E-state index contributed by atoms with van der Waals surface area (Å²) in [5.74, 6) is 0. The maximum Gasteiger partial charge on any atom is 0.0864 e. The quantitative estimate of drug-likeness (QED) is 0.907. The molecule has 1 unspecified atom stereocenters. The van der Waals surface area contributed by atoms with Crippen molar-refractivity contribution in [2.75, 3.05) is 11.9 Å². The van der Waals surface area contributed by atoms with Gasteiger partial charge in [-0.15, -0.1) is 0 Å². The molecule has 0 radical (unpaired) electrons. The topological polar surface area (TPSA) is 45.1 Å². The molecule has 0 aliphatic carbocycles. The minimum Gasteiger partial charge on any atom is -0.388 e. The fourth-order valence-electron chi connectivity index (χ4n) is 1.70. The van der Waals surface area contributed by atoms with Gasteiger partial charge < -0.3 is 10.4 Å². The van der Waals surface area contributed by atoms with Gasteiger partial charge in [0.15, 0.2) is 0 Å². The molecule has 18 heavy (non-hydrogen) atoms. The molecule has 2 rings (SSSR count). The normalized spacial score (nSPS) is 14.4. The van der Waals surface area contributed by atoms with E-state index in [0.29, 0.717) is 13.0 Å². The number of hydrogen-bond acceptors (Lipinski definition) is 3. The second-order valence-electron chi connectivity index (χ2n) is 4.70. The zero-order chi connectivity index (χ0) is 13.2. The molecular formula is C14H17BrN2O. The number of hydrogen-bond donors (Lipinski definition) is 2. The maximum atomic E-state index is 10.0. The Kier molecular flexibility index (Phi) is 3.88. The molecule has 1 atom stereocenters. The van der Waals surface area contributed by atoms with Crippen molar-refractivity contribution >= 4 is 32.5 Å². The van der Waals surface area contributed by atoms with Crippen LogP contribution in [-0.4, -0.2) is 22.2 Å². The van der Waals surface area contributed by atoms with Crippen molar-refractivity contribution in [3.8, 4) is 0 Å². The lowest BCUT2D eigenvalue weighted by Crippen LogP contribution is -2.32. The third-order valence-corrected chi connectivity index (χ3v) is 3.78. The van der Waals surface area contributed by atoms with Gasteiger partial charge in [0.25, 0.3) is 0 Å². The molecule has 0 fully saturated rings. The van der Waals surface area contributed by atoms with Gasteiger partial charge in [-0.05, 0) is 41.4 Å². The summed E-state index contributed by atoms with van der Waals surface area (Å²) in [5.41, 5.74) is 1.23. The molecule has 0 spiro atoms. The molecule has 1 heterocycles. The van der Waals surface area contributed by atoms with E-state index in [4.69, 9.17) is 0 Å². The average Bonchev–Trinajstić information content (AvgIpc) is 2.37. The van der Waals surface area contributed by atoms with E-state index in [1.807, 2.05) is 38.1 Å². The van der Waals surface area contributed by atoms with Crippen LogP contribution in [0.15, 0.2) is 34.9 Å². The Hall–Kier alpha value is -1.13. The number of aliphatic hydroxyl groups is 1. The van der Waals surface area contributed by atoms with E-state index in [1.54, 1.807) is 6.20 Å². The van der Waals surface area contributed by atoms with E-state index < -0.39 is 5.60 Å². The molecule has 4 heteroatoms. The molecular weight excluding hydrogens is 292 g/mol. The summed E-state index contributed by atoms with van der Waals surface area (Å²) in [4.78, 5) is 4.36. The zero-order valence-corrected chi connectivity index (χ0v) is 12.2. The Balaban J connectivity index is 2.32. The molecule has 0 aliphatic rings. The van der Waals surface area contributed by atoms with Gasteiger partial charge in [-0.2, -0.15) is 0 Å². The molecule has 0 saturated heterocycles. The van der Waals surface area contributed by atoms with Gasteiger partial charge in [-0.1, -0.05) is 19.1 Å². The Morgan fingerprint density at radius 2 is 2.17 bits per heavy atom. The Morgan fingerprint density at radius 1 is 1.39 bits per heavy atom. The van der Waals surface area contributed by atoms with Crippen LogP contribution in [-0.2, 0) is 0 Å². The van der Waals surface area contributed by atoms with Crippen molar-refractivity contribution in [2.45, 2.75) is 25.9 Å². The van der Waals surface area contributed by atoms with Crippen molar-refractivity contribution < 1.29 is 5.11 Å². The van der Waals surface area contributed by atoms with Gasteiger partial charge >= 0.3 is 0 Å². The first kappa shape index (κ1) is 13.3. The van der Waals surface area contributed by atoms with Crippen LogP contribution in [0.3, 0.4) is 0 Å². The van der Waals surface area contributed by atoms with E-state index >= 15 is 0 Å². The van der Waals surface area contributed by atoms with Crippen molar-refractivity contribution in [2.24, 2.45) is 0 Å². The van der Waals surface area contributed by atoms with Crippen LogP contribution in [0.5, 0.6) is 0 Å². The van der Waals surface area contributed by atoms with E-state index in [2.05, 4.69) is 26.2 Å². The molecule has 96 valence electrons. The number of rotatable bonds is 4. The highest BCUT2D eigenvalue weighted by Crippen LogP contribution is 2.27. The molecule has 1 aromatic heterocycles. The van der Waals surface area contributed by atoms with Gasteiger partial charge in [0.05, 0.1) is 11.1 Å². The largest absolute Gasteiger partial charge is 0.388 e. The van der Waals surface area contributed by atoms with Crippen LogP contribution < -0.4 is 5.32 Å². The number of para-hydroxylation sites is 1. The van der Waals surface area contributed by atoms with Crippen LogP contribution in [0, 0.1) is 0 Å². The second kappa shape index (κ2) is 5.24. The first-order valence-corrected chi connectivity index (χ1v) is 6.82. The number of nitrogens with one attached hydrogen (secondary N) is 1. The molecule has 0 bridgehead atoms. The number of halogens is 1. The summed E-state index contributed by atoms with van der Waals surface area (Å²) in [5, 5.41) is 14.4. The number of nitrogens with zero attached hydrogens (tertiary/aromatic N) is 1. The lowest BCUT2D eigenvalue weighted by molar-refractivity contribution is 0.0698. The maximum absolute atomic E-state index is 10.0. The number of fused-ring (bicyclic) bond motifs is 1. The number of pyridine rings is 1. The van der Waals surface area contributed by atoms with Crippen LogP contribution in [0.1, 0.15) is 20.3 Å². The lowest BCUT2D eigenvalue weighted by Gasteiger charge is -2.22. The Morgan fingerprint density at radius 3 is 2.89 bits per heavy atom. The smallest absolute Gasteiger partial charge is 0.0864 e. The summed E-state index contributed by atoms with van der Waals surface area (Å²) < 4.78 is 0.978. The van der Waals surface area contributed by atoms with Gasteiger partial charge in [0.2, 0.25) is 0 Å². The van der Waals surface area contributed by atoms with E-state index in [-0.39, 0.29) is 0 Å². The minimum atomic E-state index is -0.693. The predicted octanol–water partition coefficient (Wildman–Crippen LogP) is 3.57. The van der Waals surface area contributed by atoms with Gasteiger partial charge in [0, 0.05) is 28.3 Å². The monoisotopic (exact) mass is 308 g/mol. The summed E-state index contributed by atoms with van der Waals surface area (Å²) in [6.45, 7) is 4.33. The fourth-order valence-corrected chi connectivity index (χ4v) is 2.17. The summed E-state index contributed by atoms with van der Waals surface area (Å²) in [6, 6.07) is 7.91. The molecule has 1 aromatic carbocycles. The second-order valence-corrected chi connectivity index (χ2v) is 5.55. The zero-order valence-electron chi connectivity index (χ0n) is 10.6. The van der Waals surface area contributed by atoms with Gasteiger partial charge in [-0.25, -0.2) is 0 Å². The lowest BCUT2D eigenvalue weighted by atomic mass is 10.0. The summed E-state index contributed by atoms with van der Waals surface area (Å²) in [7, 11) is 0. The number of anilines is 1. The molecule has 0 aliphatic heterocycles. The van der Waals surface area contributed by atoms with E-state index in [0.717, 1.165) is 21.1 Å². The molecule has 0 amide bonds. The van der Waals surface area contributed by atoms with E-state index in [1.165, 1.54) is 0 Å². The van der Waals surface area contributed by atoms with Crippen LogP contribution in [0.2, 0.25) is 0 Å². The van der Waals surface area contributed by atoms with Crippen LogP contribution in [0.25, 0.3) is 10.9 Å².